The van der Waals surface area contributed by atoms with Crippen molar-refractivity contribution >= 4 is 28.2 Å². The molecule has 5 nitrogen and oxygen atoms in total. The molecule has 0 bridgehead atoms. The minimum absolute atomic E-state index is 0.116. The highest BCUT2D eigenvalue weighted by Crippen LogP contribution is 2.27. The number of amides is 1. The van der Waals surface area contributed by atoms with Gasteiger partial charge in [0.1, 0.15) is 10.7 Å². The van der Waals surface area contributed by atoms with Gasteiger partial charge in [0.15, 0.2) is 5.13 Å². The van der Waals surface area contributed by atoms with E-state index in [2.05, 4.69) is 22.5 Å². The molecule has 6 heteroatoms. The molecule has 18 heavy (non-hydrogen) atoms. The highest BCUT2D eigenvalue weighted by atomic mass is 32.1. The smallest absolute Gasteiger partial charge is 0.265 e. The number of anilines is 2. The van der Waals surface area contributed by atoms with Crippen molar-refractivity contribution in [1.29, 1.82) is 0 Å². The van der Waals surface area contributed by atoms with Gasteiger partial charge in [-0.05, 0) is 19.8 Å². The van der Waals surface area contributed by atoms with Crippen LogP contribution in [0.4, 0.5) is 10.9 Å². The Balaban J connectivity index is 2.07. The van der Waals surface area contributed by atoms with Crippen molar-refractivity contribution in [3.05, 3.63) is 17.0 Å². The summed E-state index contributed by atoms with van der Waals surface area (Å²) < 4.78 is 0. The summed E-state index contributed by atoms with van der Waals surface area (Å²) in [4.78, 5) is 18.8. The minimum Gasteiger partial charge on any atom is -0.382 e. The van der Waals surface area contributed by atoms with Crippen molar-refractivity contribution in [3.63, 3.8) is 0 Å². The van der Waals surface area contributed by atoms with Crippen molar-refractivity contribution in [2.45, 2.75) is 25.8 Å². The molecule has 1 aromatic heterocycles. The molecule has 0 radical (unpaired) electrons. The highest BCUT2D eigenvalue weighted by Gasteiger charge is 2.20. The zero-order valence-electron chi connectivity index (χ0n) is 10.6. The van der Waals surface area contributed by atoms with E-state index in [0.717, 1.165) is 24.5 Å². The van der Waals surface area contributed by atoms with Gasteiger partial charge in [-0.3, -0.25) is 4.79 Å². The fourth-order valence-electron chi connectivity index (χ4n) is 1.77. The second-order valence-electron chi connectivity index (χ2n) is 4.34. The van der Waals surface area contributed by atoms with Crippen molar-refractivity contribution < 1.29 is 4.79 Å². The Labute approximate surface area is 111 Å². The van der Waals surface area contributed by atoms with E-state index in [-0.39, 0.29) is 11.9 Å². The van der Waals surface area contributed by atoms with Gasteiger partial charge in [0.05, 0.1) is 0 Å². The number of nitrogen functional groups attached to an aromatic ring is 1. The molecular formula is C12H18N4OS. The molecule has 0 aliphatic heterocycles. The standard InChI is InChI=1S/C12H18N4OS/c1-3-16(2)12-15-10(13)9(18-12)11(17)14-8-6-4-5-7-8/h4-5,8H,3,6-7,13H2,1-2H3,(H,14,17). The number of nitrogens with two attached hydrogens (primary N) is 1. The molecule has 0 unspecified atom stereocenters. The molecular weight excluding hydrogens is 248 g/mol. The van der Waals surface area contributed by atoms with Gasteiger partial charge in [0, 0.05) is 19.6 Å². The van der Waals surface area contributed by atoms with Crippen LogP contribution in [0.25, 0.3) is 0 Å². The third-order valence-corrected chi connectivity index (χ3v) is 4.18. The van der Waals surface area contributed by atoms with Crippen molar-refractivity contribution in [1.82, 2.24) is 10.3 Å². The molecule has 1 aliphatic rings. The number of aromatic nitrogens is 1. The molecule has 0 fully saturated rings. The molecule has 1 heterocycles. The van der Waals surface area contributed by atoms with E-state index < -0.39 is 0 Å². The quantitative estimate of drug-likeness (QED) is 0.813. The first-order valence-corrected chi connectivity index (χ1v) is 6.86. The van der Waals surface area contributed by atoms with Crippen LogP contribution in [-0.4, -0.2) is 30.5 Å². The van der Waals surface area contributed by atoms with E-state index in [1.807, 2.05) is 18.9 Å². The number of carbonyl (C=O) groups excluding carboxylic acids is 1. The molecule has 1 aliphatic carbocycles. The highest BCUT2D eigenvalue weighted by molar-refractivity contribution is 7.18. The van der Waals surface area contributed by atoms with Crippen molar-refractivity contribution in [2.75, 3.05) is 24.2 Å². The second-order valence-corrected chi connectivity index (χ2v) is 5.32. The van der Waals surface area contributed by atoms with Crippen LogP contribution in [0.2, 0.25) is 0 Å². The molecule has 0 atom stereocenters. The Morgan fingerprint density at radius 1 is 1.61 bits per heavy atom. The van der Waals surface area contributed by atoms with Gasteiger partial charge in [-0.1, -0.05) is 23.5 Å². The molecule has 3 N–H and O–H groups in total. The first-order chi connectivity index (χ1) is 8.61. The average Bonchev–Trinajstić information content (AvgIpc) is 2.97. The van der Waals surface area contributed by atoms with Crippen LogP contribution < -0.4 is 16.0 Å². The number of hydrogen-bond donors (Lipinski definition) is 2. The minimum atomic E-state index is -0.116. The number of rotatable bonds is 4. The van der Waals surface area contributed by atoms with Crippen molar-refractivity contribution in [3.8, 4) is 0 Å². The predicted octanol–water partition coefficient (Wildman–Crippen LogP) is 1.63. The van der Waals surface area contributed by atoms with Gasteiger partial charge in [0.25, 0.3) is 5.91 Å². The number of carbonyl (C=O) groups is 1. The Morgan fingerprint density at radius 3 is 2.89 bits per heavy atom. The second kappa shape index (κ2) is 5.39. The fourth-order valence-corrected chi connectivity index (χ4v) is 2.68. The number of nitrogens with one attached hydrogen (secondary N) is 1. The van der Waals surface area contributed by atoms with Gasteiger partial charge in [0.2, 0.25) is 0 Å². The normalized spacial score (nSPS) is 15.0. The van der Waals surface area contributed by atoms with Crippen LogP contribution in [0, 0.1) is 0 Å². The number of hydrogen-bond acceptors (Lipinski definition) is 5. The van der Waals surface area contributed by atoms with Gasteiger partial charge in [-0.25, -0.2) is 4.98 Å². The van der Waals surface area contributed by atoms with Crippen LogP contribution in [0.1, 0.15) is 29.4 Å². The third-order valence-electron chi connectivity index (χ3n) is 2.99. The summed E-state index contributed by atoms with van der Waals surface area (Å²) in [6, 6.07) is 0.200. The van der Waals surface area contributed by atoms with Gasteiger partial charge in [-0.15, -0.1) is 0 Å². The topological polar surface area (TPSA) is 71.2 Å². The molecule has 0 spiro atoms. The Bertz CT molecular complexity index is 461. The SMILES string of the molecule is CCN(C)c1nc(N)c(C(=O)NC2CC=CC2)s1. The average molecular weight is 266 g/mol. The zero-order valence-corrected chi connectivity index (χ0v) is 11.5. The number of nitrogens with zero attached hydrogens (tertiary/aromatic N) is 2. The largest absolute Gasteiger partial charge is 0.382 e. The van der Waals surface area contributed by atoms with E-state index in [0.29, 0.717) is 10.7 Å². The molecule has 0 aromatic carbocycles. The van der Waals surface area contributed by atoms with E-state index >= 15 is 0 Å². The summed E-state index contributed by atoms with van der Waals surface area (Å²) in [5, 5.41) is 3.76. The summed E-state index contributed by atoms with van der Waals surface area (Å²) in [6.45, 7) is 2.86. The monoisotopic (exact) mass is 266 g/mol. The van der Waals surface area contributed by atoms with Crippen molar-refractivity contribution in [2.24, 2.45) is 0 Å². The molecule has 0 saturated carbocycles. The summed E-state index contributed by atoms with van der Waals surface area (Å²) in [7, 11) is 1.93. The van der Waals surface area contributed by atoms with E-state index in [9.17, 15) is 4.79 Å². The lowest BCUT2D eigenvalue weighted by molar-refractivity contribution is 0.0944. The first-order valence-electron chi connectivity index (χ1n) is 6.05. The molecule has 98 valence electrons. The van der Waals surface area contributed by atoms with Crippen LogP contribution in [0.3, 0.4) is 0 Å². The Morgan fingerprint density at radius 2 is 2.28 bits per heavy atom. The lowest BCUT2D eigenvalue weighted by Gasteiger charge is -2.11. The van der Waals surface area contributed by atoms with Crippen LogP contribution in [0.5, 0.6) is 0 Å². The number of thiazole rings is 1. The lowest BCUT2D eigenvalue weighted by Crippen LogP contribution is -2.32. The van der Waals surface area contributed by atoms with E-state index in [1.165, 1.54) is 11.3 Å². The predicted molar refractivity (Wildman–Crippen MR) is 75.1 cm³/mol. The molecule has 1 aromatic rings. The Hall–Kier alpha value is -1.56. The van der Waals surface area contributed by atoms with Gasteiger partial charge >= 0.3 is 0 Å². The Kier molecular flexibility index (Phi) is 3.86. The van der Waals surface area contributed by atoms with Crippen LogP contribution in [0.15, 0.2) is 12.2 Å². The first kappa shape index (κ1) is 12.9. The maximum atomic E-state index is 12.1. The fraction of sp³-hybridized carbons (Fsp3) is 0.500. The summed E-state index contributed by atoms with van der Waals surface area (Å²) in [6.07, 6.45) is 5.95. The molecule has 1 amide bonds. The summed E-state index contributed by atoms with van der Waals surface area (Å²) >= 11 is 1.34. The van der Waals surface area contributed by atoms with Crippen LogP contribution in [-0.2, 0) is 0 Å². The summed E-state index contributed by atoms with van der Waals surface area (Å²) in [5.74, 6) is 0.202. The van der Waals surface area contributed by atoms with Crippen LogP contribution >= 0.6 is 11.3 Å². The third kappa shape index (κ3) is 2.64. The maximum absolute atomic E-state index is 12.1. The van der Waals surface area contributed by atoms with Gasteiger partial charge < -0.3 is 16.0 Å². The zero-order chi connectivity index (χ0) is 13.1. The molecule has 0 saturated heterocycles. The maximum Gasteiger partial charge on any atom is 0.265 e. The van der Waals surface area contributed by atoms with Gasteiger partial charge in [-0.2, -0.15) is 0 Å². The van der Waals surface area contributed by atoms with E-state index in [4.69, 9.17) is 5.73 Å². The summed E-state index contributed by atoms with van der Waals surface area (Å²) in [5.41, 5.74) is 5.81. The van der Waals surface area contributed by atoms with E-state index in [1.54, 1.807) is 0 Å². The lowest BCUT2D eigenvalue weighted by atomic mass is 10.2. The molecule has 2 rings (SSSR count).